The molecule has 8 nitrogen and oxygen atoms in total. The third-order valence-electron chi connectivity index (χ3n) is 5.42. The first-order valence-corrected chi connectivity index (χ1v) is 15.1. The molecule has 0 aliphatic rings. The van der Waals surface area contributed by atoms with Crippen LogP contribution in [-0.4, -0.2) is 38.6 Å². The molecule has 0 radical (unpaired) electrons. The maximum absolute atomic E-state index is 12.1. The molecule has 2 aromatic rings. The molecule has 0 spiro atoms. The number of phenolic OH excluding ortho intramolecular Hbond substituents is 2. The van der Waals surface area contributed by atoms with Gasteiger partial charge >= 0.3 is 0 Å². The van der Waals surface area contributed by atoms with Gasteiger partial charge in [-0.3, -0.25) is 9.44 Å². The van der Waals surface area contributed by atoms with E-state index in [0.29, 0.717) is 12.8 Å². The Morgan fingerprint density at radius 2 is 0.794 bits per heavy atom. The molecule has 0 bridgehead atoms. The zero-order valence-corrected chi connectivity index (χ0v) is 21.1. The standard InChI is InChI=1S/C24H36N2O6S2/c27-23-17-11-9-15-21(23)25-33(29,30)19-13-7-5-3-1-2-4-6-8-14-20-34(31,32)26-22-16-10-12-18-24(22)28/h9-12,15-18,25-28H,1-8,13-14,19-20H2. The molecule has 0 amide bonds. The normalized spacial score (nSPS) is 11.9. The lowest BCUT2D eigenvalue weighted by molar-refractivity contribution is 0.477. The maximum atomic E-state index is 12.1. The first kappa shape index (κ1) is 27.8. The van der Waals surface area contributed by atoms with Crippen LogP contribution in [0.3, 0.4) is 0 Å². The molecule has 0 heterocycles. The lowest BCUT2D eigenvalue weighted by Crippen LogP contribution is -2.16. The zero-order chi connectivity index (χ0) is 24.9. The van der Waals surface area contributed by atoms with E-state index in [2.05, 4.69) is 9.44 Å². The van der Waals surface area contributed by atoms with Crippen LogP contribution in [-0.2, 0) is 20.0 Å². The molecule has 10 heteroatoms. The van der Waals surface area contributed by atoms with Crippen molar-refractivity contribution in [2.45, 2.75) is 64.2 Å². The summed E-state index contributed by atoms with van der Waals surface area (Å²) in [7, 11) is -6.94. The van der Waals surface area contributed by atoms with E-state index in [4.69, 9.17) is 0 Å². The highest BCUT2D eigenvalue weighted by Crippen LogP contribution is 2.24. The molecule has 190 valence electrons. The number of benzene rings is 2. The lowest BCUT2D eigenvalue weighted by Gasteiger charge is -2.09. The number of para-hydroxylation sites is 4. The molecule has 2 rings (SSSR count). The van der Waals surface area contributed by atoms with Crippen LogP contribution in [0.15, 0.2) is 48.5 Å². The molecule has 0 unspecified atom stereocenters. The van der Waals surface area contributed by atoms with Gasteiger partial charge in [0.1, 0.15) is 11.5 Å². The van der Waals surface area contributed by atoms with Gasteiger partial charge in [-0.05, 0) is 37.1 Å². The minimum absolute atomic E-state index is 0.0307. The van der Waals surface area contributed by atoms with Gasteiger partial charge in [0.15, 0.2) is 0 Å². The Hall–Kier alpha value is -2.46. The van der Waals surface area contributed by atoms with Crippen molar-refractivity contribution in [3.63, 3.8) is 0 Å². The largest absolute Gasteiger partial charge is 0.506 e. The number of hydrogen-bond donors (Lipinski definition) is 4. The predicted octanol–water partition coefficient (Wildman–Crippen LogP) is 5.18. The minimum atomic E-state index is -3.47. The summed E-state index contributed by atoms with van der Waals surface area (Å²) in [6.45, 7) is 0. The van der Waals surface area contributed by atoms with Gasteiger partial charge in [-0.2, -0.15) is 0 Å². The molecule has 0 aromatic heterocycles. The summed E-state index contributed by atoms with van der Waals surface area (Å²) in [5.74, 6) is -0.111. The van der Waals surface area contributed by atoms with E-state index >= 15 is 0 Å². The minimum Gasteiger partial charge on any atom is -0.506 e. The quantitative estimate of drug-likeness (QED) is 0.170. The Morgan fingerprint density at radius 1 is 0.500 bits per heavy atom. The summed E-state index contributed by atoms with van der Waals surface area (Å²) in [6.07, 6.45) is 9.03. The van der Waals surface area contributed by atoms with E-state index in [0.717, 1.165) is 51.4 Å². The van der Waals surface area contributed by atoms with Crippen molar-refractivity contribution >= 4 is 31.4 Å². The summed E-state index contributed by atoms with van der Waals surface area (Å²) >= 11 is 0. The zero-order valence-electron chi connectivity index (χ0n) is 19.4. The van der Waals surface area contributed by atoms with Crippen LogP contribution in [0.4, 0.5) is 11.4 Å². The van der Waals surface area contributed by atoms with Crippen LogP contribution in [0.1, 0.15) is 64.2 Å². The van der Waals surface area contributed by atoms with Gasteiger partial charge in [0, 0.05) is 0 Å². The summed E-state index contributed by atoms with van der Waals surface area (Å²) in [4.78, 5) is 0. The molecule has 0 aliphatic heterocycles. The van der Waals surface area contributed by atoms with Crippen molar-refractivity contribution < 1.29 is 27.0 Å². The van der Waals surface area contributed by atoms with Gasteiger partial charge in [-0.1, -0.05) is 75.6 Å². The number of nitrogens with one attached hydrogen (secondary N) is 2. The number of aromatic hydroxyl groups is 2. The van der Waals surface area contributed by atoms with E-state index in [1.54, 1.807) is 24.3 Å². The van der Waals surface area contributed by atoms with Crippen molar-refractivity contribution in [2.75, 3.05) is 20.9 Å². The van der Waals surface area contributed by atoms with Crippen LogP contribution < -0.4 is 9.44 Å². The van der Waals surface area contributed by atoms with Crippen molar-refractivity contribution in [3.8, 4) is 11.5 Å². The molecule has 0 saturated heterocycles. The number of phenols is 2. The second-order valence-electron chi connectivity index (χ2n) is 8.41. The number of rotatable bonds is 17. The number of anilines is 2. The highest BCUT2D eigenvalue weighted by molar-refractivity contribution is 7.92. The van der Waals surface area contributed by atoms with E-state index in [-0.39, 0.29) is 34.4 Å². The van der Waals surface area contributed by atoms with Crippen LogP contribution in [0.25, 0.3) is 0 Å². The second-order valence-corrected chi connectivity index (χ2v) is 12.1. The lowest BCUT2D eigenvalue weighted by atomic mass is 10.1. The van der Waals surface area contributed by atoms with E-state index in [1.165, 1.54) is 24.3 Å². The summed E-state index contributed by atoms with van der Waals surface area (Å²) < 4.78 is 53.3. The highest BCUT2D eigenvalue weighted by Gasteiger charge is 2.13. The molecule has 0 aliphatic carbocycles. The molecule has 0 atom stereocenters. The Balaban J connectivity index is 1.45. The first-order valence-electron chi connectivity index (χ1n) is 11.8. The van der Waals surface area contributed by atoms with Crippen LogP contribution >= 0.6 is 0 Å². The number of unbranched alkanes of at least 4 members (excludes halogenated alkanes) is 9. The van der Waals surface area contributed by atoms with E-state index in [1.807, 2.05) is 0 Å². The Bertz CT molecular complexity index is 1000. The van der Waals surface area contributed by atoms with Gasteiger partial charge in [-0.15, -0.1) is 0 Å². The summed E-state index contributed by atoms with van der Waals surface area (Å²) in [5.41, 5.74) is 0.402. The van der Waals surface area contributed by atoms with Gasteiger partial charge in [-0.25, -0.2) is 16.8 Å². The molecule has 0 fully saturated rings. The smallest absolute Gasteiger partial charge is 0.232 e. The molecular weight excluding hydrogens is 476 g/mol. The van der Waals surface area contributed by atoms with Crippen molar-refractivity contribution in [2.24, 2.45) is 0 Å². The number of hydrogen-bond acceptors (Lipinski definition) is 6. The maximum Gasteiger partial charge on any atom is 0.232 e. The molecule has 34 heavy (non-hydrogen) atoms. The van der Waals surface area contributed by atoms with Gasteiger partial charge in [0.05, 0.1) is 22.9 Å². The molecular formula is C24H36N2O6S2. The van der Waals surface area contributed by atoms with Crippen LogP contribution in [0.5, 0.6) is 11.5 Å². The Morgan fingerprint density at radius 3 is 1.12 bits per heavy atom. The average Bonchev–Trinajstić information content (AvgIpc) is 2.77. The van der Waals surface area contributed by atoms with Gasteiger partial charge < -0.3 is 10.2 Å². The summed E-state index contributed by atoms with van der Waals surface area (Å²) in [6, 6.07) is 12.5. The van der Waals surface area contributed by atoms with Crippen molar-refractivity contribution in [1.29, 1.82) is 0 Å². The Labute approximate surface area is 203 Å². The van der Waals surface area contributed by atoms with Crippen molar-refractivity contribution in [3.05, 3.63) is 48.5 Å². The molecule has 0 saturated carbocycles. The Kier molecular flexibility index (Phi) is 11.5. The fourth-order valence-corrected chi connectivity index (χ4v) is 5.94. The average molecular weight is 513 g/mol. The highest BCUT2D eigenvalue weighted by atomic mass is 32.2. The van der Waals surface area contributed by atoms with Crippen molar-refractivity contribution in [1.82, 2.24) is 0 Å². The second kappa shape index (κ2) is 14.1. The molecule has 2 aromatic carbocycles. The topological polar surface area (TPSA) is 133 Å². The SMILES string of the molecule is O=S(=O)(CCCCCCCCCCCCS(=O)(=O)Nc1ccccc1O)Nc1ccccc1O. The monoisotopic (exact) mass is 512 g/mol. The summed E-state index contributed by atoms with van der Waals surface area (Å²) in [5, 5.41) is 19.3. The molecule has 4 N–H and O–H groups in total. The van der Waals surface area contributed by atoms with Crippen LogP contribution in [0.2, 0.25) is 0 Å². The third kappa shape index (κ3) is 11.1. The number of sulfonamides is 2. The predicted molar refractivity (Wildman–Crippen MR) is 137 cm³/mol. The third-order valence-corrected chi connectivity index (χ3v) is 8.13. The van der Waals surface area contributed by atoms with Crippen LogP contribution in [0, 0.1) is 0 Å². The van der Waals surface area contributed by atoms with E-state index < -0.39 is 20.0 Å². The van der Waals surface area contributed by atoms with E-state index in [9.17, 15) is 27.0 Å². The fourth-order valence-electron chi connectivity index (χ4n) is 3.56. The first-order chi connectivity index (χ1) is 16.2. The fraction of sp³-hybridized carbons (Fsp3) is 0.500. The van der Waals surface area contributed by atoms with Gasteiger partial charge in [0.2, 0.25) is 20.0 Å². The van der Waals surface area contributed by atoms with Gasteiger partial charge in [0.25, 0.3) is 0 Å².